The van der Waals surface area contributed by atoms with Gasteiger partial charge in [0, 0.05) is 5.02 Å². The van der Waals surface area contributed by atoms with Crippen molar-refractivity contribution >= 4 is 23.5 Å². The van der Waals surface area contributed by atoms with Crippen LogP contribution in [0.2, 0.25) is 5.02 Å². The first-order valence-corrected chi connectivity index (χ1v) is 8.19. The molecule has 0 heterocycles. The van der Waals surface area contributed by atoms with Gasteiger partial charge in [0.15, 0.2) is 6.61 Å². The van der Waals surface area contributed by atoms with E-state index in [1.165, 1.54) is 0 Å². The summed E-state index contributed by atoms with van der Waals surface area (Å²) in [6.45, 7) is 3.65. The van der Waals surface area contributed by atoms with Crippen molar-refractivity contribution in [1.29, 1.82) is 0 Å². The van der Waals surface area contributed by atoms with Gasteiger partial charge in [-0.1, -0.05) is 35.9 Å². The van der Waals surface area contributed by atoms with Crippen molar-refractivity contribution in [3.63, 3.8) is 0 Å². The summed E-state index contributed by atoms with van der Waals surface area (Å²) in [5.41, 5.74) is 2.64. The third-order valence-electron chi connectivity index (χ3n) is 3.69. The maximum atomic E-state index is 12.2. The Kier molecular flexibility index (Phi) is 6.42. The number of carboxylic acids is 1. The molecule has 0 radical (unpaired) electrons. The molecule has 2 N–H and O–H groups in total. The van der Waals surface area contributed by atoms with E-state index in [1.807, 2.05) is 32.0 Å². The third-order valence-corrected chi connectivity index (χ3v) is 3.94. The normalized spacial score (nSPS) is 11.6. The Balaban J connectivity index is 2.02. The van der Waals surface area contributed by atoms with Gasteiger partial charge in [0.1, 0.15) is 5.75 Å². The van der Waals surface area contributed by atoms with E-state index in [1.54, 1.807) is 24.3 Å². The second kappa shape index (κ2) is 8.53. The van der Waals surface area contributed by atoms with Crippen LogP contribution in [-0.2, 0) is 9.59 Å². The summed E-state index contributed by atoms with van der Waals surface area (Å²) in [6.07, 6.45) is -0.225. The van der Waals surface area contributed by atoms with Gasteiger partial charge in [0.05, 0.1) is 12.5 Å². The van der Waals surface area contributed by atoms with E-state index < -0.39 is 12.0 Å². The van der Waals surface area contributed by atoms with Gasteiger partial charge in [-0.3, -0.25) is 9.59 Å². The zero-order valence-corrected chi connectivity index (χ0v) is 14.8. The highest BCUT2D eigenvalue weighted by atomic mass is 35.5. The lowest BCUT2D eigenvalue weighted by Crippen LogP contribution is -2.33. The second-order valence-electron chi connectivity index (χ2n) is 5.83. The highest BCUT2D eigenvalue weighted by Gasteiger charge is 2.18. The Morgan fingerprint density at radius 1 is 1.16 bits per heavy atom. The van der Waals surface area contributed by atoms with Crippen LogP contribution in [0, 0.1) is 13.8 Å². The minimum absolute atomic E-state index is 0.187. The van der Waals surface area contributed by atoms with Gasteiger partial charge in [0.25, 0.3) is 5.91 Å². The molecule has 2 rings (SSSR count). The average molecular weight is 362 g/mol. The molecule has 2 aromatic rings. The van der Waals surface area contributed by atoms with Crippen LogP contribution in [0.3, 0.4) is 0 Å². The van der Waals surface area contributed by atoms with Crippen LogP contribution in [0.1, 0.15) is 29.2 Å². The molecular weight excluding hydrogens is 342 g/mol. The standard InChI is InChI=1S/C19H20ClNO4/c1-12-3-4-13(2)17(9-12)25-11-18(22)21-16(10-19(23)24)14-5-7-15(20)8-6-14/h3-9,16H,10-11H2,1-2H3,(H,21,22)(H,23,24). The lowest BCUT2D eigenvalue weighted by molar-refractivity contribution is -0.137. The first kappa shape index (κ1) is 18.8. The minimum atomic E-state index is -1.00. The van der Waals surface area contributed by atoms with Crippen molar-refractivity contribution in [1.82, 2.24) is 5.32 Å². The van der Waals surface area contributed by atoms with Crippen LogP contribution in [0.25, 0.3) is 0 Å². The van der Waals surface area contributed by atoms with Crippen molar-refractivity contribution in [2.24, 2.45) is 0 Å². The molecule has 132 valence electrons. The molecule has 0 bridgehead atoms. The SMILES string of the molecule is Cc1ccc(C)c(OCC(=O)NC(CC(=O)O)c2ccc(Cl)cc2)c1. The summed E-state index contributed by atoms with van der Waals surface area (Å²) >= 11 is 5.85. The van der Waals surface area contributed by atoms with Crippen LogP contribution in [0.5, 0.6) is 5.75 Å². The van der Waals surface area contributed by atoms with Crippen molar-refractivity contribution in [3.05, 3.63) is 64.2 Å². The van der Waals surface area contributed by atoms with E-state index in [-0.39, 0.29) is 18.9 Å². The molecule has 0 saturated heterocycles. The number of carbonyl (C=O) groups is 2. The van der Waals surface area contributed by atoms with E-state index in [0.29, 0.717) is 16.3 Å². The number of rotatable bonds is 7. The molecule has 0 aliphatic rings. The van der Waals surface area contributed by atoms with Crippen LogP contribution < -0.4 is 10.1 Å². The Hall–Kier alpha value is -2.53. The molecule has 5 nitrogen and oxygen atoms in total. The van der Waals surface area contributed by atoms with Crippen LogP contribution >= 0.6 is 11.6 Å². The van der Waals surface area contributed by atoms with Gasteiger partial charge in [-0.05, 0) is 48.7 Å². The number of nitrogens with one attached hydrogen (secondary N) is 1. The minimum Gasteiger partial charge on any atom is -0.483 e. The summed E-state index contributed by atoms with van der Waals surface area (Å²) in [5, 5.41) is 12.3. The first-order valence-electron chi connectivity index (χ1n) is 7.82. The summed E-state index contributed by atoms with van der Waals surface area (Å²) in [7, 11) is 0. The van der Waals surface area contributed by atoms with Gasteiger partial charge < -0.3 is 15.2 Å². The molecule has 1 atom stereocenters. The predicted molar refractivity (Wildman–Crippen MR) is 96.0 cm³/mol. The molecule has 1 amide bonds. The average Bonchev–Trinajstić information content (AvgIpc) is 2.55. The van der Waals surface area contributed by atoms with Gasteiger partial charge in [-0.2, -0.15) is 0 Å². The maximum Gasteiger partial charge on any atom is 0.305 e. The van der Waals surface area contributed by atoms with E-state index in [0.717, 1.165) is 11.1 Å². The fraction of sp³-hybridized carbons (Fsp3) is 0.263. The van der Waals surface area contributed by atoms with Gasteiger partial charge >= 0.3 is 5.97 Å². The van der Waals surface area contributed by atoms with Crippen molar-refractivity contribution < 1.29 is 19.4 Å². The number of halogens is 1. The molecule has 0 aromatic heterocycles. The van der Waals surface area contributed by atoms with Gasteiger partial charge in [-0.25, -0.2) is 0 Å². The molecule has 0 saturated carbocycles. The van der Waals surface area contributed by atoms with Gasteiger partial charge in [0.2, 0.25) is 0 Å². The summed E-state index contributed by atoms with van der Waals surface area (Å²) in [5.74, 6) is -0.755. The van der Waals surface area contributed by atoms with Crippen molar-refractivity contribution in [2.45, 2.75) is 26.3 Å². The Morgan fingerprint density at radius 2 is 1.84 bits per heavy atom. The zero-order valence-electron chi connectivity index (χ0n) is 14.1. The van der Waals surface area contributed by atoms with E-state index in [4.69, 9.17) is 21.4 Å². The fourth-order valence-corrected chi connectivity index (χ4v) is 2.49. The summed E-state index contributed by atoms with van der Waals surface area (Å²) < 4.78 is 5.56. The number of ether oxygens (including phenoxy) is 1. The van der Waals surface area contributed by atoms with E-state index >= 15 is 0 Å². The molecule has 0 aliphatic carbocycles. The molecule has 1 unspecified atom stereocenters. The van der Waals surface area contributed by atoms with E-state index in [9.17, 15) is 9.59 Å². The number of aryl methyl sites for hydroxylation is 2. The summed E-state index contributed by atoms with van der Waals surface area (Å²) in [4.78, 5) is 23.3. The molecule has 0 spiro atoms. The third kappa shape index (κ3) is 5.80. The van der Waals surface area contributed by atoms with Crippen LogP contribution in [0.15, 0.2) is 42.5 Å². The van der Waals surface area contributed by atoms with Crippen LogP contribution in [0.4, 0.5) is 0 Å². The fourth-order valence-electron chi connectivity index (χ4n) is 2.36. The number of benzene rings is 2. The monoisotopic (exact) mass is 361 g/mol. The van der Waals surface area contributed by atoms with Crippen molar-refractivity contribution in [2.75, 3.05) is 6.61 Å². The molecule has 6 heteroatoms. The quantitative estimate of drug-likeness (QED) is 0.789. The molecule has 2 aromatic carbocycles. The molecular formula is C19H20ClNO4. The lowest BCUT2D eigenvalue weighted by atomic mass is 10.0. The number of amides is 1. The summed E-state index contributed by atoms with van der Waals surface area (Å²) in [6, 6.07) is 11.8. The zero-order chi connectivity index (χ0) is 18.4. The topological polar surface area (TPSA) is 75.6 Å². The Bertz CT molecular complexity index is 759. The molecule has 25 heavy (non-hydrogen) atoms. The number of hydrogen-bond donors (Lipinski definition) is 2. The second-order valence-corrected chi connectivity index (χ2v) is 6.26. The number of hydrogen-bond acceptors (Lipinski definition) is 3. The smallest absolute Gasteiger partial charge is 0.305 e. The molecule has 0 fully saturated rings. The predicted octanol–water partition coefficient (Wildman–Crippen LogP) is 3.67. The largest absolute Gasteiger partial charge is 0.483 e. The van der Waals surface area contributed by atoms with Crippen molar-refractivity contribution in [3.8, 4) is 5.75 Å². The van der Waals surface area contributed by atoms with Gasteiger partial charge in [-0.15, -0.1) is 0 Å². The lowest BCUT2D eigenvalue weighted by Gasteiger charge is -2.18. The highest BCUT2D eigenvalue weighted by molar-refractivity contribution is 6.30. The number of aliphatic carboxylic acids is 1. The highest BCUT2D eigenvalue weighted by Crippen LogP contribution is 2.21. The Morgan fingerprint density at radius 3 is 2.48 bits per heavy atom. The Labute approximate surface area is 151 Å². The maximum absolute atomic E-state index is 12.2. The molecule has 0 aliphatic heterocycles. The van der Waals surface area contributed by atoms with Crippen LogP contribution in [-0.4, -0.2) is 23.6 Å². The number of carbonyl (C=O) groups excluding carboxylic acids is 1. The van der Waals surface area contributed by atoms with E-state index in [2.05, 4.69) is 5.32 Å². The first-order chi connectivity index (χ1) is 11.8. The number of carboxylic acid groups (broad SMARTS) is 1.